The molecule has 0 atom stereocenters. The minimum atomic E-state index is -0.474. The number of amidine groups is 1. The topological polar surface area (TPSA) is 65.1 Å². The van der Waals surface area contributed by atoms with E-state index in [0.29, 0.717) is 11.7 Å². The van der Waals surface area contributed by atoms with E-state index in [1.807, 2.05) is 11.9 Å². The number of oxime groups is 1. The Kier molecular flexibility index (Phi) is 4.44. The van der Waals surface area contributed by atoms with Gasteiger partial charge < -0.3 is 20.7 Å². The number of benzene rings is 1. The number of piperidine rings is 1. The lowest BCUT2D eigenvalue weighted by Gasteiger charge is -2.37. The summed E-state index contributed by atoms with van der Waals surface area (Å²) in [7, 11) is 4.03. The van der Waals surface area contributed by atoms with Gasteiger partial charge in [0.1, 0.15) is 5.82 Å². The predicted octanol–water partition coefficient (Wildman–Crippen LogP) is 1.45. The van der Waals surface area contributed by atoms with Crippen LogP contribution in [0.15, 0.2) is 23.4 Å². The van der Waals surface area contributed by atoms with E-state index in [1.165, 1.54) is 6.07 Å². The zero-order valence-electron chi connectivity index (χ0n) is 11.9. The predicted molar refractivity (Wildman–Crippen MR) is 77.8 cm³/mol. The number of rotatable bonds is 3. The van der Waals surface area contributed by atoms with Gasteiger partial charge in [-0.2, -0.15) is 0 Å². The number of anilines is 1. The van der Waals surface area contributed by atoms with Crippen LogP contribution in [0.1, 0.15) is 18.4 Å². The molecule has 0 aromatic heterocycles. The summed E-state index contributed by atoms with van der Waals surface area (Å²) in [5.74, 6) is -0.671. The number of nitrogens with zero attached hydrogens (tertiary/aromatic N) is 3. The van der Waals surface area contributed by atoms with Crippen LogP contribution < -0.4 is 10.6 Å². The molecular formula is C14H21FN4O. The maximum Gasteiger partial charge on any atom is 0.175 e. The maximum absolute atomic E-state index is 14.0. The van der Waals surface area contributed by atoms with Crippen molar-refractivity contribution in [2.45, 2.75) is 18.9 Å². The van der Waals surface area contributed by atoms with Crippen molar-refractivity contribution in [3.8, 4) is 0 Å². The van der Waals surface area contributed by atoms with Crippen LogP contribution in [0.3, 0.4) is 0 Å². The molecule has 1 aliphatic heterocycles. The van der Waals surface area contributed by atoms with Gasteiger partial charge in [0.25, 0.3) is 0 Å². The minimum absolute atomic E-state index is 0.163. The first kappa shape index (κ1) is 14.6. The number of halogens is 1. The first-order valence-corrected chi connectivity index (χ1v) is 6.72. The minimum Gasteiger partial charge on any atom is -0.409 e. The largest absolute Gasteiger partial charge is 0.409 e. The second kappa shape index (κ2) is 6.09. The molecule has 1 aliphatic rings. The summed E-state index contributed by atoms with van der Waals surface area (Å²) < 4.78 is 14.0. The zero-order chi connectivity index (χ0) is 14.7. The summed E-state index contributed by atoms with van der Waals surface area (Å²) in [5, 5.41) is 11.8. The van der Waals surface area contributed by atoms with Crippen molar-refractivity contribution in [1.29, 1.82) is 0 Å². The van der Waals surface area contributed by atoms with E-state index >= 15 is 0 Å². The summed E-state index contributed by atoms with van der Waals surface area (Å²) in [6.45, 7) is 2.03. The lowest BCUT2D eigenvalue weighted by Crippen LogP contribution is -2.42. The monoisotopic (exact) mass is 280 g/mol. The molecule has 1 aromatic rings. The van der Waals surface area contributed by atoms with Gasteiger partial charge in [0.15, 0.2) is 5.84 Å². The van der Waals surface area contributed by atoms with Gasteiger partial charge in [-0.05, 0) is 45.1 Å². The third kappa shape index (κ3) is 2.85. The van der Waals surface area contributed by atoms with Gasteiger partial charge in [0.2, 0.25) is 0 Å². The van der Waals surface area contributed by atoms with Crippen molar-refractivity contribution in [1.82, 2.24) is 4.90 Å². The average molecular weight is 280 g/mol. The molecule has 3 N–H and O–H groups in total. The van der Waals surface area contributed by atoms with Gasteiger partial charge >= 0.3 is 0 Å². The van der Waals surface area contributed by atoms with Crippen LogP contribution in [-0.4, -0.2) is 49.2 Å². The van der Waals surface area contributed by atoms with E-state index in [2.05, 4.69) is 17.1 Å². The van der Waals surface area contributed by atoms with E-state index in [-0.39, 0.29) is 11.4 Å². The highest BCUT2D eigenvalue weighted by molar-refractivity contribution is 6.02. The van der Waals surface area contributed by atoms with Crippen molar-refractivity contribution in [3.63, 3.8) is 0 Å². The van der Waals surface area contributed by atoms with Crippen LogP contribution in [0.2, 0.25) is 0 Å². The van der Waals surface area contributed by atoms with Crippen LogP contribution in [0.4, 0.5) is 10.1 Å². The van der Waals surface area contributed by atoms with E-state index in [4.69, 9.17) is 10.9 Å². The first-order chi connectivity index (χ1) is 9.54. The molecule has 0 bridgehead atoms. The van der Waals surface area contributed by atoms with Crippen molar-refractivity contribution in [2.24, 2.45) is 10.9 Å². The van der Waals surface area contributed by atoms with Gasteiger partial charge in [-0.1, -0.05) is 11.2 Å². The van der Waals surface area contributed by atoms with Crippen LogP contribution in [0, 0.1) is 5.82 Å². The van der Waals surface area contributed by atoms with E-state index in [0.717, 1.165) is 25.9 Å². The average Bonchev–Trinajstić information content (AvgIpc) is 2.46. The summed E-state index contributed by atoms with van der Waals surface area (Å²) in [5.41, 5.74) is 6.44. The molecule has 0 saturated carbocycles. The smallest absolute Gasteiger partial charge is 0.175 e. The molecule has 6 heteroatoms. The third-order valence-corrected chi connectivity index (χ3v) is 3.97. The second-order valence-corrected chi connectivity index (χ2v) is 5.26. The van der Waals surface area contributed by atoms with Crippen LogP contribution >= 0.6 is 0 Å². The lowest BCUT2D eigenvalue weighted by atomic mass is 10.0. The molecule has 1 saturated heterocycles. The van der Waals surface area contributed by atoms with Gasteiger partial charge in [-0.15, -0.1) is 0 Å². The highest BCUT2D eigenvalue weighted by atomic mass is 19.1. The highest BCUT2D eigenvalue weighted by Gasteiger charge is 2.24. The molecular weight excluding hydrogens is 259 g/mol. The fourth-order valence-corrected chi connectivity index (χ4v) is 2.69. The fraction of sp³-hybridized carbons (Fsp3) is 0.500. The van der Waals surface area contributed by atoms with Crippen molar-refractivity contribution in [2.75, 3.05) is 32.1 Å². The summed E-state index contributed by atoms with van der Waals surface area (Å²) in [4.78, 5) is 4.31. The Hall–Kier alpha value is -1.82. The Balaban J connectivity index is 2.30. The Morgan fingerprint density at radius 1 is 1.45 bits per heavy atom. The quantitative estimate of drug-likeness (QED) is 0.381. The molecule has 110 valence electrons. The molecule has 1 aromatic carbocycles. The van der Waals surface area contributed by atoms with E-state index in [1.54, 1.807) is 12.1 Å². The normalized spacial score (nSPS) is 18.2. The van der Waals surface area contributed by atoms with E-state index < -0.39 is 5.82 Å². The number of hydrogen-bond acceptors (Lipinski definition) is 4. The van der Waals surface area contributed by atoms with Gasteiger partial charge in [0, 0.05) is 13.1 Å². The molecule has 0 unspecified atom stereocenters. The number of nitrogens with two attached hydrogens (primary N) is 1. The lowest BCUT2D eigenvalue weighted by molar-refractivity contribution is 0.253. The standard InChI is InChI=1S/C14H21FN4O/c1-18-8-6-10(7-9-18)19(2)12-5-3-4-11(15)13(12)14(16)17-20/h3-5,10,20H,6-9H2,1-2H3,(H2,16,17). The van der Waals surface area contributed by atoms with Gasteiger partial charge in [-0.25, -0.2) is 4.39 Å². The van der Waals surface area contributed by atoms with Crippen LogP contribution in [0.5, 0.6) is 0 Å². The third-order valence-electron chi connectivity index (χ3n) is 3.97. The Bertz CT molecular complexity index is 498. The fourth-order valence-electron chi connectivity index (χ4n) is 2.69. The highest BCUT2D eigenvalue weighted by Crippen LogP contribution is 2.27. The summed E-state index contributed by atoms with van der Waals surface area (Å²) in [6, 6.07) is 5.09. The number of likely N-dealkylation sites (tertiary alicyclic amines) is 1. The van der Waals surface area contributed by atoms with Crippen LogP contribution in [-0.2, 0) is 0 Å². The van der Waals surface area contributed by atoms with Crippen LogP contribution in [0.25, 0.3) is 0 Å². The Morgan fingerprint density at radius 3 is 2.70 bits per heavy atom. The molecule has 1 fully saturated rings. The molecule has 0 aliphatic carbocycles. The first-order valence-electron chi connectivity index (χ1n) is 6.72. The van der Waals surface area contributed by atoms with E-state index in [9.17, 15) is 4.39 Å². The summed E-state index contributed by atoms with van der Waals surface area (Å²) >= 11 is 0. The number of hydrogen-bond donors (Lipinski definition) is 2. The van der Waals surface area contributed by atoms with Gasteiger partial charge in [-0.3, -0.25) is 0 Å². The zero-order valence-corrected chi connectivity index (χ0v) is 11.9. The Morgan fingerprint density at radius 2 is 2.10 bits per heavy atom. The molecule has 0 spiro atoms. The van der Waals surface area contributed by atoms with Crippen molar-refractivity contribution >= 4 is 11.5 Å². The molecule has 0 radical (unpaired) electrons. The molecule has 5 nitrogen and oxygen atoms in total. The molecule has 0 amide bonds. The molecule has 20 heavy (non-hydrogen) atoms. The molecule has 2 rings (SSSR count). The SMILES string of the molecule is CN1CCC(N(C)c2cccc(F)c2C(N)=NO)CC1. The molecule has 1 heterocycles. The summed E-state index contributed by atoms with van der Waals surface area (Å²) in [6.07, 6.45) is 2.03. The van der Waals surface area contributed by atoms with Crippen molar-refractivity contribution < 1.29 is 9.60 Å². The Labute approximate surface area is 118 Å². The maximum atomic E-state index is 14.0. The van der Waals surface area contributed by atoms with Gasteiger partial charge in [0.05, 0.1) is 11.3 Å². The second-order valence-electron chi connectivity index (χ2n) is 5.26. The van der Waals surface area contributed by atoms with Crippen molar-refractivity contribution in [3.05, 3.63) is 29.6 Å².